The highest BCUT2D eigenvalue weighted by atomic mass is 14.7. The molecule has 0 unspecified atom stereocenters. The molecule has 0 bridgehead atoms. The van der Waals surface area contributed by atoms with Crippen molar-refractivity contribution in [3.63, 3.8) is 0 Å². The van der Waals surface area contributed by atoms with E-state index in [0.717, 1.165) is 16.8 Å². The molecule has 0 N–H and O–H groups in total. The van der Waals surface area contributed by atoms with Gasteiger partial charge in [0.25, 0.3) is 0 Å². The van der Waals surface area contributed by atoms with Crippen LogP contribution in [0.4, 0.5) is 0 Å². The summed E-state index contributed by atoms with van der Waals surface area (Å²) in [6.45, 7) is 4.32. The van der Waals surface area contributed by atoms with Crippen LogP contribution in [0.25, 0.3) is 55.5 Å². The summed E-state index contributed by atoms with van der Waals surface area (Å²) in [6, 6.07) is 32.8. The molecule has 5 aromatic rings. The topological polar surface area (TPSA) is 12.9 Å². The Labute approximate surface area is 176 Å². The Morgan fingerprint density at radius 1 is 0.567 bits per heavy atom. The minimum atomic E-state index is 1.03. The van der Waals surface area contributed by atoms with Crippen molar-refractivity contribution in [1.82, 2.24) is 4.98 Å². The van der Waals surface area contributed by atoms with E-state index in [4.69, 9.17) is 4.98 Å². The zero-order valence-corrected chi connectivity index (χ0v) is 17.1. The van der Waals surface area contributed by atoms with Gasteiger partial charge in [-0.3, -0.25) is 0 Å². The van der Waals surface area contributed by atoms with E-state index in [9.17, 15) is 0 Å². The van der Waals surface area contributed by atoms with E-state index in [0.29, 0.717) is 0 Å². The molecular formula is C29H21N. The fraction of sp³-hybridized carbons (Fsp3) is 0.0690. The predicted molar refractivity (Wildman–Crippen MR) is 127 cm³/mol. The van der Waals surface area contributed by atoms with E-state index in [2.05, 4.69) is 105 Å². The Kier molecular flexibility index (Phi) is 3.66. The van der Waals surface area contributed by atoms with Crippen molar-refractivity contribution in [2.45, 2.75) is 13.8 Å². The van der Waals surface area contributed by atoms with Crippen LogP contribution in [-0.2, 0) is 0 Å². The molecule has 1 nitrogen and oxygen atoms in total. The lowest BCUT2D eigenvalue weighted by molar-refractivity contribution is 1.39. The molecule has 1 heterocycles. The summed E-state index contributed by atoms with van der Waals surface area (Å²) in [7, 11) is 0. The van der Waals surface area contributed by atoms with E-state index in [1.165, 1.54) is 49.9 Å². The van der Waals surface area contributed by atoms with Crippen molar-refractivity contribution in [2.24, 2.45) is 0 Å². The van der Waals surface area contributed by atoms with E-state index in [-0.39, 0.29) is 0 Å². The molecule has 0 spiro atoms. The van der Waals surface area contributed by atoms with Crippen LogP contribution in [0.15, 0.2) is 91.0 Å². The first-order chi connectivity index (χ1) is 14.7. The summed E-state index contributed by atoms with van der Waals surface area (Å²) in [5.41, 5.74) is 13.6. The Morgan fingerprint density at radius 2 is 1.33 bits per heavy atom. The van der Waals surface area contributed by atoms with Gasteiger partial charge in [-0.15, -0.1) is 0 Å². The van der Waals surface area contributed by atoms with Gasteiger partial charge in [0.15, 0.2) is 0 Å². The highest BCUT2D eigenvalue weighted by Crippen LogP contribution is 2.49. The smallest absolute Gasteiger partial charge is 0.0722 e. The van der Waals surface area contributed by atoms with Gasteiger partial charge in [0.1, 0.15) is 0 Å². The summed E-state index contributed by atoms with van der Waals surface area (Å²) < 4.78 is 0. The molecule has 6 rings (SSSR count). The van der Waals surface area contributed by atoms with Crippen LogP contribution in [-0.4, -0.2) is 4.98 Å². The number of pyridine rings is 1. The highest BCUT2D eigenvalue weighted by molar-refractivity contribution is 6.15. The average Bonchev–Trinajstić information content (AvgIpc) is 3.13. The molecule has 0 aliphatic heterocycles. The van der Waals surface area contributed by atoms with Gasteiger partial charge >= 0.3 is 0 Å². The van der Waals surface area contributed by atoms with E-state index < -0.39 is 0 Å². The number of hydrogen-bond acceptors (Lipinski definition) is 1. The molecule has 4 aromatic carbocycles. The largest absolute Gasteiger partial charge is 0.248 e. The molecule has 1 aromatic heterocycles. The minimum absolute atomic E-state index is 1.03. The zero-order valence-electron chi connectivity index (χ0n) is 17.1. The van der Waals surface area contributed by atoms with Crippen molar-refractivity contribution in [2.75, 3.05) is 0 Å². The molecule has 0 saturated carbocycles. The molecule has 0 radical (unpaired) electrons. The average molecular weight is 383 g/mol. The lowest BCUT2D eigenvalue weighted by Gasteiger charge is -2.10. The Hall–Kier alpha value is -3.71. The number of hydrogen-bond donors (Lipinski definition) is 0. The summed E-state index contributed by atoms with van der Waals surface area (Å²) in [6.07, 6.45) is 0. The van der Waals surface area contributed by atoms with Crippen LogP contribution in [0.1, 0.15) is 11.1 Å². The van der Waals surface area contributed by atoms with Crippen molar-refractivity contribution >= 4 is 10.9 Å². The molecule has 142 valence electrons. The van der Waals surface area contributed by atoms with Crippen LogP contribution < -0.4 is 0 Å². The maximum atomic E-state index is 5.08. The van der Waals surface area contributed by atoms with Crippen molar-refractivity contribution < 1.29 is 0 Å². The summed E-state index contributed by atoms with van der Waals surface area (Å²) >= 11 is 0. The molecule has 0 fully saturated rings. The van der Waals surface area contributed by atoms with Crippen LogP contribution >= 0.6 is 0 Å². The van der Waals surface area contributed by atoms with Crippen LogP contribution in [0.3, 0.4) is 0 Å². The van der Waals surface area contributed by atoms with Crippen molar-refractivity contribution in [3.8, 4) is 44.6 Å². The highest BCUT2D eigenvalue weighted by Gasteiger charge is 2.24. The first-order valence-electron chi connectivity index (χ1n) is 10.4. The minimum Gasteiger partial charge on any atom is -0.248 e. The zero-order chi connectivity index (χ0) is 20.2. The lowest BCUT2D eigenvalue weighted by Crippen LogP contribution is -1.89. The number of aryl methyl sites for hydroxylation is 2. The van der Waals surface area contributed by atoms with Gasteiger partial charge in [-0.25, -0.2) is 4.98 Å². The quantitative estimate of drug-likeness (QED) is 0.297. The molecule has 30 heavy (non-hydrogen) atoms. The molecule has 1 aliphatic rings. The van der Waals surface area contributed by atoms with Gasteiger partial charge in [-0.05, 0) is 71.0 Å². The third kappa shape index (κ3) is 2.52. The molecule has 1 heteroatoms. The van der Waals surface area contributed by atoms with Gasteiger partial charge < -0.3 is 0 Å². The third-order valence-electron chi connectivity index (χ3n) is 6.21. The maximum Gasteiger partial charge on any atom is 0.0722 e. The first kappa shape index (κ1) is 17.2. The first-order valence-corrected chi connectivity index (χ1v) is 10.4. The van der Waals surface area contributed by atoms with Gasteiger partial charge in [-0.1, -0.05) is 78.4 Å². The van der Waals surface area contributed by atoms with E-state index in [1.807, 2.05) is 0 Å². The monoisotopic (exact) mass is 383 g/mol. The van der Waals surface area contributed by atoms with Crippen molar-refractivity contribution in [3.05, 3.63) is 102 Å². The number of benzene rings is 4. The summed E-state index contributed by atoms with van der Waals surface area (Å²) in [5, 5.41) is 1.29. The predicted octanol–water partition coefficient (Wildman–Crippen LogP) is 7.83. The Bertz CT molecular complexity index is 1440. The lowest BCUT2D eigenvalue weighted by atomic mass is 9.98. The van der Waals surface area contributed by atoms with Crippen LogP contribution in [0, 0.1) is 13.8 Å². The standard InChI is InChI=1S/C29H21N/c1-18-10-13-20(14-11-18)21-6-5-7-22(16-21)27-17-25-23-8-3-4-9-24(23)28-19(2)12-15-26(30-27)29(25)28/h3-17H,1-2H3. The number of aromatic nitrogens is 1. The van der Waals surface area contributed by atoms with E-state index in [1.54, 1.807) is 0 Å². The van der Waals surface area contributed by atoms with Gasteiger partial charge in [0, 0.05) is 10.9 Å². The normalized spacial score (nSPS) is 11.7. The van der Waals surface area contributed by atoms with Crippen LogP contribution in [0.5, 0.6) is 0 Å². The number of fused-ring (bicyclic) bond motifs is 3. The number of rotatable bonds is 2. The fourth-order valence-corrected chi connectivity index (χ4v) is 4.68. The third-order valence-corrected chi connectivity index (χ3v) is 6.21. The Morgan fingerprint density at radius 3 is 2.17 bits per heavy atom. The van der Waals surface area contributed by atoms with Gasteiger partial charge in [-0.2, -0.15) is 0 Å². The Balaban J connectivity index is 1.57. The van der Waals surface area contributed by atoms with Crippen molar-refractivity contribution in [1.29, 1.82) is 0 Å². The second kappa shape index (κ2) is 6.40. The van der Waals surface area contributed by atoms with Gasteiger partial charge in [0.2, 0.25) is 0 Å². The molecule has 0 amide bonds. The molecule has 0 saturated heterocycles. The molecule has 0 atom stereocenters. The molecule has 1 aliphatic carbocycles. The SMILES string of the molecule is Cc1ccc(-c2cccc(-c3cc4c5c(c(C)ccc5n3)-c3ccccc3-4)c2)cc1. The number of nitrogens with zero attached hydrogens (tertiary/aromatic N) is 1. The second-order valence-corrected chi connectivity index (χ2v) is 8.20. The summed E-state index contributed by atoms with van der Waals surface area (Å²) in [5.74, 6) is 0. The van der Waals surface area contributed by atoms with Gasteiger partial charge in [0.05, 0.1) is 11.2 Å². The second-order valence-electron chi connectivity index (χ2n) is 8.20. The van der Waals surface area contributed by atoms with E-state index >= 15 is 0 Å². The fourth-order valence-electron chi connectivity index (χ4n) is 4.68. The molecular weight excluding hydrogens is 362 g/mol. The maximum absolute atomic E-state index is 5.08. The van der Waals surface area contributed by atoms with Crippen LogP contribution in [0.2, 0.25) is 0 Å². The summed E-state index contributed by atoms with van der Waals surface area (Å²) in [4.78, 5) is 5.08.